The lowest BCUT2D eigenvalue weighted by molar-refractivity contribution is -0.144. The van der Waals surface area contributed by atoms with Gasteiger partial charge in [0.15, 0.2) is 6.04 Å². The zero-order valence-electron chi connectivity index (χ0n) is 9.75. The summed E-state index contributed by atoms with van der Waals surface area (Å²) in [6, 6.07) is 3.87. The fraction of sp³-hybridized carbons (Fsp3) is 0.273. The number of esters is 1. The monoisotopic (exact) mass is 267 g/mol. The molecule has 0 N–H and O–H groups in total. The number of hydrogen-bond acceptors (Lipinski definition) is 5. The van der Waals surface area contributed by atoms with Gasteiger partial charge in [-0.3, -0.25) is 4.79 Å². The molecule has 2 rings (SSSR count). The highest BCUT2D eigenvalue weighted by atomic mass is 35.5. The van der Waals surface area contributed by atoms with Crippen molar-refractivity contribution in [1.29, 1.82) is 0 Å². The van der Waals surface area contributed by atoms with Crippen LogP contribution < -0.4 is 5.56 Å². The number of halogens is 1. The van der Waals surface area contributed by atoms with Crippen molar-refractivity contribution in [3.63, 3.8) is 0 Å². The molecule has 0 saturated carbocycles. The minimum Gasteiger partial charge on any atom is -0.467 e. The van der Waals surface area contributed by atoms with Gasteiger partial charge in [-0.25, -0.2) is 4.79 Å². The first-order valence-corrected chi connectivity index (χ1v) is 5.55. The van der Waals surface area contributed by atoms with Crippen LogP contribution in [0.3, 0.4) is 0 Å². The molecule has 1 aromatic heterocycles. The molecule has 7 heteroatoms. The van der Waals surface area contributed by atoms with Crippen molar-refractivity contribution >= 4 is 28.5 Å². The van der Waals surface area contributed by atoms with Crippen LogP contribution in [0.25, 0.3) is 10.9 Å². The van der Waals surface area contributed by atoms with E-state index < -0.39 is 17.6 Å². The van der Waals surface area contributed by atoms with Gasteiger partial charge in [0.2, 0.25) is 0 Å². The number of benzene rings is 1. The van der Waals surface area contributed by atoms with E-state index in [4.69, 9.17) is 11.6 Å². The maximum Gasteiger partial charge on any atom is 0.330 e. The molecule has 0 bridgehead atoms. The van der Waals surface area contributed by atoms with E-state index in [-0.39, 0.29) is 0 Å². The number of nitrogens with zero attached hydrogens (tertiary/aromatic N) is 3. The van der Waals surface area contributed by atoms with Crippen LogP contribution in [0.1, 0.15) is 13.0 Å². The number of fused-ring (bicyclic) bond motifs is 1. The Morgan fingerprint density at radius 3 is 2.89 bits per heavy atom. The van der Waals surface area contributed by atoms with Crippen LogP contribution in [0.4, 0.5) is 0 Å². The minimum atomic E-state index is -0.835. The van der Waals surface area contributed by atoms with Crippen molar-refractivity contribution in [2.75, 3.05) is 7.11 Å². The highest BCUT2D eigenvalue weighted by Crippen LogP contribution is 2.14. The number of methoxy groups -OCH3 is 1. The highest BCUT2D eigenvalue weighted by Gasteiger charge is 2.19. The Kier molecular flexibility index (Phi) is 3.29. The Morgan fingerprint density at radius 2 is 2.22 bits per heavy atom. The van der Waals surface area contributed by atoms with Crippen LogP contribution in [0.15, 0.2) is 23.0 Å². The Balaban J connectivity index is 2.64. The molecule has 0 spiro atoms. The van der Waals surface area contributed by atoms with E-state index in [1.807, 2.05) is 0 Å². The number of carbonyl (C=O) groups is 1. The number of carbonyl (C=O) groups excluding carboxylic acids is 1. The number of aromatic nitrogens is 3. The average molecular weight is 268 g/mol. The van der Waals surface area contributed by atoms with Gasteiger partial charge in [0.05, 0.1) is 12.5 Å². The predicted molar refractivity (Wildman–Crippen MR) is 65.5 cm³/mol. The van der Waals surface area contributed by atoms with Crippen molar-refractivity contribution in [3.8, 4) is 0 Å². The topological polar surface area (TPSA) is 74.1 Å². The van der Waals surface area contributed by atoms with Gasteiger partial charge < -0.3 is 4.74 Å². The van der Waals surface area contributed by atoms with Crippen molar-refractivity contribution in [3.05, 3.63) is 33.6 Å². The number of hydrogen-bond donors (Lipinski definition) is 0. The van der Waals surface area contributed by atoms with Crippen LogP contribution in [0.5, 0.6) is 0 Å². The third-order valence-electron chi connectivity index (χ3n) is 2.56. The minimum absolute atomic E-state index is 0.313. The summed E-state index contributed by atoms with van der Waals surface area (Å²) in [7, 11) is 1.25. The zero-order chi connectivity index (χ0) is 13.3. The van der Waals surface area contributed by atoms with Crippen LogP contribution in [0.2, 0.25) is 5.02 Å². The van der Waals surface area contributed by atoms with Gasteiger partial charge in [0, 0.05) is 5.02 Å². The molecule has 0 amide bonds. The van der Waals surface area contributed by atoms with Gasteiger partial charge in [0.25, 0.3) is 5.56 Å². The van der Waals surface area contributed by atoms with Crippen molar-refractivity contribution in [1.82, 2.24) is 15.0 Å². The first-order valence-electron chi connectivity index (χ1n) is 5.17. The molecular weight excluding hydrogens is 258 g/mol. The molecule has 0 saturated heterocycles. The molecule has 1 aromatic carbocycles. The van der Waals surface area contributed by atoms with Crippen molar-refractivity contribution in [2.45, 2.75) is 13.0 Å². The molecular formula is C11H10ClN3O3. The average Bonchev–Trinajstić information content (AvgIpc) is 2.38. The molecule has 0 fully saturated rings. The van der Waals surface area contributed by atoms with Gasteiger partial charge in [-0.05, 0) is 25.1 Å². The summed E-state index contributed by atoms with van der Waals surface area (Å²) in [4.78, 5) is 23.5. The number of rotatable bonds is 2. The van der Waals surface area contributed by atoms with E-state index in [1.165, 1.54) is 20.1 Å². The molecule has 1 heterocycles. The Labute approximate surface area is 107 Å². The van der Waals surface area contributed by atoms with Gasteiger partial charge in [-0.2, -0.15) is 4.68 Å². The van der Waals surface area contributed by atoms with Gasteiger partial charge in [-0.15, -0.1) is 5.10 Å². The quantitative estimate of drug-likeness (QED) is 0.764. The maximum absolute atomic E-state index is 12.1. The fourth-order valence-electron chi connectivity index (χ4n) is 1.55. The molecule has 6 nitrogen and oxygen atoms in total. The number of ether oxygens (including phenoxy) is 1. The van der Waals surface area contributed by atoms with E-state index in [9.17, 15) is 9.59 Å². The largest absolute Gasteiger partial charge is 0.467 e. The van der Waals surface area contributed by atoms with Crippen LogP contribution >= 0.6 is 11.6 Å². The normalized spacial score (nSPS) is 12.4. The molecule has 2 aromatic rings. The van der Waals surface area contributed by atoms with Gasteiger partial charge >= 0.3 is 5.97 Å². The predicted octanol–water partition coefficient (Wildman–Crippen LogP) is 1.18. The Hall–Kier alpha value is -1.95. The van der Waals surface area contributed by atoms with E-state index in [0.717, 1.165) is 4.68 Å². The first kappa shape index (κ1) is 12.5. The van der Waals surface area contributed by atoms with Gasteiger partial charge in [-0.1, -0.05) is 16.8 Å². The molecule has 1 atom stereocenters. The van der Waals surface area contributed by atoms with Crippen LogP contribution in [-0.4, -0.2) is 28.1 Å². The lowest BCUT2D eigenvalue weighted by Crippen LogP contribution is -2.31. The summed E-state index contributed by atoms with van der Waals surface area (Å²) in [5.74, 6) is -0.562. The summed E-state index contributed by atoms with van der Waals surface area (Å²) in [6.45, 7) is 1.51. The summed E-state index contributed by atoms with van der Waals surface area (Å²) < 4.78 is 5.54. The van der Waals surface area contributed by atoms with E-state index >= 15 is 0 Å². The second-order valence-corrected chi connectivity index (χ2v) is 4.14. The van der Waals surface area contributed by atoms with E-state index in [0.29, 0.717) is 15.9 Å². The molecule has 94 valence electrons. The summed E-state index contributed by atoms with van der Waals surface area (Å²) in [5.41, 5.74) is -0.00174. The van der Waals surface area contributed by atoms with E-state index in [1.54, 1.807) is 12.1 Å². The third kappa shape index (κ3) is 2.06. The zero-order valence-corrected chi connectivity index (χ0v) is 10.5. The molecule has 0 aliphatic rings. The molecule has 0 unspecified atom stereocenters. The lowest BCUT2D eigenvalue weighted by atomic mass is 10.2. The smallest absolute Gasteiger partial charge is 0.330 e. The van der Waals surface area contributed by atoms with E-state index in [2.05, 4.69) is 15.0 Å². The first-order chi connectivity index (χ1) is 8.54. The van der Waals surface area contributed by atoms with Crippen LogP contribution in [-0.2, 0) is 9.53 Å². The maximum atomic E-state index is 12.1. The second-order valence-electron chi connectivity index (χ2n) is 3.70. The molecule has 0 aliphatic carbocycles. The van der Waals surface area contributed by atoms with Crippen molar-refractivity contribution in [2.24, 2.45) is 0 Å². The Morgan fingerprint density at radius 1 is 1.50 bits per heavy atom. The van der Waals surface area contributed by atoms with Crippen molar-refractivity contribution < 1.29 is 9.53 Å². The summed E-state index contributed by atoms with van der Waals surface area (Å²) in [6.07, 6.45) is 0. The SMILES string of the molecule is COC(=O)[C@H](C)n1nnc2ccc(Cl)cc2c1=O. The third-order valence-corrected chi connectivity index (χ3v) is 2.79. The molecule has 0 radical (unpaired) electrons. The lowest BCUT2D eigenvalue weighted by Gasteiger charge is -2.10. The summed E-state index contributed by atoms with van der Waals surface area (Å²) in [5, 5.41) is 8.32. The fourth-order valence-corrected chi connectivity index (χ4v) is 1.72. The van der Waals surface area contributed by atoms with Crippen LogP contribution in [0, 0.1) is 0 Å². The highest BCUT2D eigenvalue weighted by molar-refractivity contribution is 6.31. The standard InChI is InChI=1S/C11H10ClN3O3/c1-6(11(17)18-2)15-10(16)8-5-7(12)3-4-9(8)13-14-15/h3-6H,1-2H3/t6-/m0/s1. The summed E-state index contributed by atoms with van der Waals surface area (Å²) >= 11 is 5.82. The Bertz CT molecular complexity index is 668. The molecule has 0 aliphatic heterocycles. The van der Waals surface area contributed by atoms with Gasteiger partial charge in [0.1, 0.15) is 5.52 Å². The molecule has 18 heavy (non-hydrogen) atoms. The second kappa shape index (κ2) is 4.73.